The van der Waals surface area contributed by atoms with Gasteiger partial charge >= 0.3 is 0 Å². The second kappa shape index (κ2) is 10.0. The lowest BCUT2D eigenvalue weighted by Gasteiger charge is -2.42. The van der Waals surface area contributed by atoms with Gasteiger partial charge in [0.25, 0.3) is 0 Å². The third-order valence-electron chi connectivity index (χ3n) is 9.08. The van der Waals surface area contributed by atoms with Crippen molar-refractivity contribution < 1.29 is 28.7 Å². The number of hydrogen-bond donors (Lipinski definition) is 2. The van der Waals surface area contributed by atoms with E-state index in [4.69, 9.17) is 0 Å². The van der Waals surface area contributed by atoms with Gasteiger partial charge in [-0.1, -0.05) is 42.0 Å². The fourth-order valence-electron chi connectivity index (χ4n) is 7.12. The molecule has 214 valence electrons. The molecule has 0 saturated carbocycles. The summed E-state index contributed by atoms with van der Waals surface area (Å²) in [6.07, 6.45) is 3.49. The van der Waals surface area contributed by atoms with Gasteiger partial charge in [0.2, 0.25) is 11.8 Å². The van der Waals surface area contributed by atoms with Crippen LogP contribution in [0.4, 0.5) is 21.5 Å². The van der Waals surface area contributed by atoms with E-state index in [2.05, 4.69) is 5.32 Å². The van der Waals surface area contributed by atoms with Crippen LogP contribution in [0.2, 0.25) is 0 Å². The van der Waals surface area contributed by atoms with E-state index in [0.29, 0.717) is 11.3 Å². The van der Waals surface area contributed by atoms with E-state index < -0.39 is 35.2 Å². The van der Waals surface area contributed by atoms with Crippen molar-refractivity contribution in [2.75, 3.05) is 10.2 Å². The minimum absolute atomic E-state index is 0.107. The number of phenols is 1. The largest absolute Gasteiger partial charge is 0.505 e. The van der Waals surface area contributed by atoms with Gasteiger partial charge in [-0.3, -0.25) is 24.1 Å². The van der Waals surface area contributed by atoms with E-state index in [1.807, 2.05) is 36.4 Å². The number of halogens is 1. The lowest BCUT2D eigenvalue weighted by Crippen LogP contribution is -2.39. The minimum Gasteiger partial charge on any atom is -0.505 e. The van der Waals surface area contributed by atoms with Crippen molar-refractivity contribution in [3.8, 4) is 5.75 Å². The molecule has 0 unspecified atom stereocenters. The van der Waals surface area contributed by atoms with Gasteiger partial charge in [0.05, 0.1) is 17.5 Å². The highest BCUT2D eigenvalue weighted by Gasteiger charge is 2.56. The lowest BCUT2D eigenvalue weighted by molar-refractivity contribution is -0.123. The van der Waals surface area contributed by atoms with Gasteiger partial charge in [-0.25, -0.2) is 4.39 Å². The Labute approximate surface area is 247 Å². The summed E-state index contributed by atoms with van der Waals surface area (Å²) in [5.41, 5.74) is 3.68. The van der Waals surface area contributed by atoms with Gasteiger partial charge in [0.1, 0.15) is 0 Å². The highest BCUT2D eigenvalue weighted by Crippen LogP contribution is 2.56. The van der Waals surface area contributed by atoms with Gasteiger partial charge < -0.3 is 10.4 Å². The molecule has 7 rings (SSSR count). The molecule has 4 aliphatic rings. The smallest absolute Gasteiger partial charge is 0.238 e. The monoisotopic (exact) mass is 574 g/mol. The molecule has 1 saturated heterocycles. The zero-order valence-electron chi connectivity index (χ0n) is 23.2. The SMILES string of the molecule is CC1=CC(=O)C2=C(C1=O)[C@@H](c1cccc(F)c1O)C1=CC[C@@H]3C(=O)N(c4ccc(Nc5ccccc5)cc4)C(=O)[C@@H]3[C@@H]1C2. The second-order valence-electron chi connectivity index (χ2n) is 11.5. The number of anilines is 3. The van der Waals surface area contributed by atoms with Crippen molar-refractivity contribution in [2.24, 2.45) is 17.8 Å². The van der Waals surface area contributed by atoms with Crippen molar-refractivity contribution in [3.63, 3.8) is 0 Å². The van der Waals surface area contributed by atoms with Crippen LogP contribution in [0.5, 0.6) is 5.75 Å². The Bertz CT molecular complexity index is 1820. The third kappa shape index (κ3) is 4.16. The lowest BCUT2D eigenvalue weighted by atomic mass is 9.59. The summed E-state index contributed by atoms with van der Waals surface area (Å²) in [5.74, 6) is -5.72. The molecular formula is C35H27FN2O5. The molecular weight excluding hydrogens is 547 g/mol. The topological polar surface area (TPSA) is 104 Å². The molecule has 7 nitrogen and oxygen atoms in total. The molecule has 8 heteroatoms. The molecule has 0 spiro atoms. The number of rotatable bonds is 4. The first-order valence-electron chi connectivity index (χ1n) is 14.2. The Morgan fingerprint density at radius 2 is 1.58 bits per heavy atom. The number of nitrogens with zero attached hydrogens (tertiary/aromatic N) is 1. The van der Waals surface area contributed by atoms with Crippen LogP contribution in [-0.2, 0) is 19.2 Å². The molecule has 0 radical (unpaired) electrons. The average Bonchev–Trinajstić information content (AvgIpc) is 3.27. The first kappa shape index (κ1) is 26.8. The molecule has 1 fully saturated rings. The fraction of sp³-hybridized carbons (Fsp3) is 0.200. The Kier molecular flexibility index (Phi) is 6.23. The van der Waals surface area contributed by atoms with Crippen LogP contribution in [0.3, 0.4) is 0 Å². The Hall–Kier alpha value is -5.11. The van der Waals surface area contributed by atoms with E-state index in [1.54, 1.807) is 31.2 Å². The number of aromatic hydroxyl groups is 1. The molecule has 1 heterocycles. The van der Waals surface area contributed by atoms with Gasteiger partial charge in [-0.05, 0) is 74.2 Å². The third-order valence-corrected chi connectivity index (χ3v) is 9.08. The van der Waals surface area contributed by atoms with Crippen LogP contribution in [0.1, 0.15) is 31.2 Å². The van der Waals surface area contributed by atoms with Crippen LogP contribution >= 0.6 is 0 Å². The maximum atomic E-state index is 14.6. The molecule has 3 aliphatic carbocycles. The average molecular weight is 575 g/mol. The number of amides is 2. The maximum Gasteiger partial charge on any atom is 0.238 e. The van der Waals surface area contributed by atoms with Gasteiger partial charge in [-0.2, -0.15) is 0 Å². The van der Waals surface area contributed by atoms with Crippen LogP contribution < -0.4 is 10.2 Å². The molecule has 1 aliphatic heterocycles. The number of allylic oxidation sites excluding steroid dienone is 6. The Morgan fingerprint density at radius 1 is 0.860 bits per heavy atom. The second-order valence-corrected chi connectivity index (χ2v) is 11.5. The standard InChI is InChI=1S/C35H27FN2O5/c1-18-16-28(39)26-17-25-22(29(31(26)32(18)40)23-8-5-9-27(36)33(23)41)14-15-24-30(25)35(43)38(34(24)42)21-12-10-20(11-13-21)37-19-6-3-2-4-7-19/h2-14,16,24-25,29-30,37,41H,15,17H2,1H3/t24-,25+,29+,30-/m0/s1. The Balaban J connectivity index is 1.26. The molecule has 3 aromatic carbocycles. The molecule has 2 N–H and O–H groups in total. The van der Waals surface area contributed by atoms with Crippen LogP contribution in [0.15, 0.2) is 107 Å². The van der Waals surface area contributed by atoms with Gasteiger partial charge in [-0.15, -0.1) is 0 Å². The summed E-state index contributed by atoms with van der Waals surface area (Å²) in [6, 6.07) is 20.8. The van der Waals surface area contributed by atoms with E-state index in [1.165, 1.54) is 23.1 Å². The zero-order valence-corrected chi connectivity index (χ0v) is 23.2. The number of para-hydroxylation sites is 2. The predicted octanol–water partition coefficient (Wildman–Crippen LogP) is 5.91. The van der Waals surface area contributed by atoms with E-state index in [-0.39, 0.29) is 58.5 Å². The van der Waals surface area contributed by atoms with Crippen molar-refractivity contribution in [2.45, 2.75) is 25.7 Å². The molecule has 0 aromatic heterocycles. The number of imide groups is 1. The van der Waals surface area contributed by atoms with Crippen LogP contribution in [0, 0.1) is 23.6 Å². The van der Waals surface area contributed by atoms with E-state index >= 15 is 0 Å². The van der Waals surface area contributed by atoms with Gasteiger partial charge in [0, 0.05) is 39.6 Å². The first-order valence-corrected chi connectivity index (χ1v) is 14.2. The number of Topliss-reactive ketones (excluding diaryl/α,β-unsaturated/α-hetero) is 1. The number of fused-ring (bicyclic) bond motifs is 3. The van der Waals surface area contributed by atoms with E-state index in [0.717, 1.165) is 17.4 Å². The number of carbonyl (C=O) groups is 4. The zero-order chi connectivity index (χ0) is 30.0. The summed E-state index contributed by atoms with van der Waals surface area (Å²) in [4.78, 5) is 55.7. The molecule has 0 bridgehead atoms. The number of phenolic OH excluding ortho intramolecular Hbond substituents is 1. The van der Waals surface area contributed by atoms with Crippen molar-refractivity contribution in [3.05, 3.63) is 119 Å². The molecule has 3 aromatic rings. The molecule has 43 heavy (non-hydrogen) atoms. The van der Waals surface area contributed by atoms with Crippen LogP contribution in [0.25, 0.3) is 0 Å². The first-order chi connectivity index (χ1) is 20.7. The number of benzene rings is 3. The Morgan fingerprint density at radius 3 is 2.33 bits per heavy atom. The van der Waals surface area contributed by atoms with Crippen molar-refractivity contribution in [1.82, 2.24) is 0 Å². The summed E-state index contributed by atoms with van der Waals surface area (Å²) in [5, 5.41) is 14.1. The van der Waals surface area contributed by atoms with Gasteiger partial charge in [0.15, 0.2) is 23.1 Å². The summed E-state index contributed by atoms with van der Waals surface area (Å²) in [7, 11) is 0. The summed E-state index contributed by atoms with van der Waals surface area (Å²) < 4.78 is 14.6. The molecule has 2 amide bonds. The number of hydrogen-bond acceptors (Lipinski definition) is 6. The van der Waals surface area contributed by atoms with Crippen LogP contribution in [-0.4, -0.2) is 28.5 Å². The maximum absolute atomic E-state index is 14.6. The summed E-state index contributed by atoms with van der Waals surface area (Å²) >= 11 is 0. The highest BCUT2D eigenvalue weighted by atomic mass is 19.1. The predicted molar refractivity (Wildman–Crippen MR) is 158 cm³/mol. The normalized spacial score (nSPS) is 24.7. The van der Waals surface area contributed by atoms with E-state index in [9.17, 15) is 28.7 Å². The quantitative estimate of drug-likeness (QED) is 0.228. The fourth-order valence-corrected chi connectivity index (χ4v) is 7.12. The number of nitrogens with one attached hydrogen (secondary N) is 1. The highest BCUT2D eigenvalue weighted by molar-refractivity contribution is 6.25. The number of ketones is 2. The molecule has 4 atom stereocenters. The van der Waals surface area contributed by atoms with Crippen molar-refractivity contribution in [1.29, 1.82) is 0 Å². The van der Waals surface area contributed by atoms with Crippen molar-refractivity contribution >= 4 is 40.4 Å². The minimum atomic E-state index is -0.911. The summed E-state index contributed by atoms with van der Waals surface area (Å²) in [6.45, 7) is 1.56. The number of carbonyl (C=O) groups excluding carboxylic acids is 4.